The van der Waals surface area contributed by atoms with Gasteiger partial charge in [-0.3, -0.25) is 9.59 Å². The minimum atomic E-state index is -0.282. The highest BCUT2D eigenvalue weighted by Crippen LogP contribution is 2.45. The van der Waals surface area contributed by atoms with Crippen molar-refractivity contribution in [2.75, 3.05) is 26.0 Å². The second-order valence-electron chi connectivity index (χ2n) is 6.32. The highest BCUT2D eigenvalue weighted by Gasteiger charge is 2.46. The van der Waals surface area contributed by atoms with Gasteiger partial charge in [0.15, 0.2) is 0 Å². The van der Waals surface area contributed by atoms with Crippen LogP contribution in [0, 0.1) is 0 Å². The van der Waals surface area contributed by atoms with Crippen LogP contribution in [0.15, 0.2) is 17.5 Å². The van der Waals surface area contributed by atoms with Gasteiger partial charge in [-0.25, -0.2) is 0 Å². The first-order valence-electron chi connectivity index (χ1n) is 8.17. The van der Waals surface area contributed by atoms with E-state index < -0.39 is 0 Å². The van der Waals surface area contributed by atoms with Crippen molar-refractivity contribution in [3.63, 3.8) is 0 Å². The molecule has 0 bridgehead atoms. The molecule has 1 aromatic heterocycles. The molecule has 0 radical (unpaired) electrons. The Labute approximate surface area is 145 Å². The SMILES string of the molecule is COC(=O)CSC1CCN(C(=O)C2(c3cccs3)CCCC2)C1. The molecule has 1 aliphatic carbocycles. The number of carbonyl (C=O) groups excluding carboxylic acids is 2. The van der Waals surface area contributed by atoms with Crippen molar-refractivity contribution in [1.29, 1.82) is 0 Å². The Morgan fingerprint density at radius 3 is 2.87 bits per heavy atom. The van der Waals surface area contributed by atoms with Crippen LogP contribution in [-0.2, 0) is 19.7 Å². The molecule has 1 amide bonds. The Balaban J connectivity index is 1.65. The van der Waals surface area contributed by atoms with Crippen molar-refractivity contribution >= 4 is 35.0 Å². The van der Waals surface area contributed by atoms with Crippen LogP contribution in [-0.4, -0.2) is 48.0 Å². The van der Waals surface area contributed by atoms with E-state index in [9.17, 15) is 9.59 Å². The van der Waals surface area contributed by atoms with Crippen molar-refractivity contribution in [2.24, 2.45) is 0 Å². The number of amides is 1. The van der Waals surface area contributed by atoms with Crippen molar-refractivity contribution in [3.05, 3.63) is 22.4 Å². The van der Waals surface area contributed by atoms with Gasteiger partial charge < -0.3 is 9.64 Å². The van der Waals surface area contributed by atoms with Crippen LogP contribution in [0.2, 0.25) is 0 Å². The molecule has 2 aliphatic rings. The van der Waals surface area contributed by atoms with Gasteiger partial charge in [-0.15, -0.1) is 23.1 Å². The molecule has 1 aromatic rings. The zero-order chi connectivity index (χ0) is 16.3. The van der Waals surface area contributed by atoms with Crippen molar-refractivity contribution in [2.45, 2.75) is 42.8 Å². The number of likely N-dealkylation sites (tertiary alicyclic amines) is 1. The fourth-order valence-electron chi connectivity index (χ4n) is 3.69. The van der Waals surface area contributed by atoms with Crippen molar-refractivity contribution < 1.29 is 14.3 Å². The summed E-state index contributed by atoms with van der Waals surface area (Å²) in [6, 6.07) is 4.17. The van der Waals surface area contributed by atoms with Crippen LogP contribution in [0.3, 0.4) is 0 Å². The van der Waals surface area contributed by atoms with E-state index in [4.69, 9.17) is 4.74 Å². The van der Waals surface area contributed by atoms with E-state index in [1.807, 2.05) is 11.0 Å². The molecule has 4 nitrogen and oxygen atoms in total. The number of hydrogen-bond donors (Lipinski definition) is 0. The van der Waals surface area contributed by atoms with Gasteiger partial charge in [0.1, 0.15) is 0 Å². The number of esters is 1. The Hall–Kier alpha value is -1.01. The number of ether oxygens (including phenoxy) is 1. The van der Waals surface area contributed by atoms with Crippen LogP contribution in [0.1, 0.15) is 37.0 Å². The third-order valence-electron chi connectivity index (χ3n) is 4.96. The van der Waals surface area contributed by atoms with Crippen LogP contribution in [0.5, 0.6) is 0 Å². The summed E-state index contributed by atoms with van der Waals surface area (Å²) in [6.07, 6.45) is 5.19. The predicted molar refractivity (Wildman–Crippen MR) is 93.9 cm³/mol. The van der Waals surface area contributed by atoms with Crippen molar-refractivity contribution in [1.82, 2.24) is 4.90 Å². The summed E-state index contributed by atoms with van der Waals surface area (Å²) in [5.74, 6) is 0.489. The third-order valence-corrected chi connectivity index (χ3v) is 7.29. The largest absolute Gasteiger partial charge is 0.468 e. The lowest BCUT2D eigenvalue weighted by Crippen LogP contribution is -2.44. The number of thioether (sulfide) groups is 1. The minimum Gasteiger partial charge on any atom is -0.468 e. The quantitative estimate of drug-likeness (QED) is 0.763. The average molecular weight is 354 g/mol. The number of nitrogens with zero attached hydrogens (tertiary/aromatic N) is 1. The molecule has 126 valence electrons. The van der Waals surface area contributed by atoms with Gasteiger partial charge in [-0.05, 0) is 30.7 Å². The third kappa shape index (κ3) is 3.43. The van der Waals surface area contributed by atoms with Crippen molar-refractivity contribution in [3.8, 4) is 0 Å². The molecule has 0 spiro atoms. The number of hydrogen-bond acceptors (Lipinski definition) is 5. The summed E-state index contributed by atoms with van der Waals surface area (Å²) in [4.78, 5) is 27.8. The molecule has 23 heavy (non-hydrogen) atoms. The zero-order valence-electron chi connectivity index (χ0n) is 13.5. The normalized spacial score (nSPS) is 23.2. The molecule has 6 heteroatoms. The Kier molecular flexibility index (Phi) is 5.31. The average Bonchev–Trinajstić information content (AvgIpc) is 3.33. The number of methoxy groups -OCH3 is 1. The van der Waals surface area contributed by atoms with Crippen LogP contribution >= 0.6 is 23.1 Å². The Morgan fingerprint density at radius 1 is 1.43 bits per heavy atom. The summed E-state index contributed by atoms with van der Waals surface area (Å²) in [5.41, 5.74) is -0.282. The lowest BCUT2D eigenvalue weighted by atomic mass is 9.83. The van der Waals surface area contributed by atoms with E-state index in [1.54, 1.807) is 23.1 Å². The summed E-state index contributed by atoms with van der Waals surface area (Å²) < 4.78 is 4.69. The minimum absolute atomic E-state index is 0.189. The van der Waals surface area contributed by atoms with Gasteiger partial charge in [-0.1, -0.05) is 18.9 Å². The molecular weight excluding hydrogens is 330 g/mol. The predicted octanol–water partition coefficient (Wildman–Crippen LogP) is 3.07. The smallest absolute Gasteiger partial charge is 0.315 e. The van der Waals surface area contributed by atoms with E-state index in [0.29, 0.717) is 16.9 Å². The first-order valence-corrected chi connectivity index (χ1v) is 10.1. The molecular formula is C17H23NO3S2. The Bertz CT molecular complexity index is 552. The van der Waals surface area contributed by atoms with E-state index in [1.165, 1.54) is 12.0 Å². The monoisotopic (exact) mass is 353 g/mol. The first kappa shape index (κ1) is 16.8. The molecule has 1 aliphatic heterocycles. The fraction of sp³-hybridized carbons (Fsp3) is 0.647. The molecule has 1 saturated carbocycles. The molecule has 1 atom stereocenters. The highest BCUT2D eigenvalue weighted by molar-refractivity contribution is 8.00. The topological polar surface area (TPSA) is 46.6 Å². The standard InChI is InChI=1S/C17H23NO3S2/c1-21-15(19)12-23-13-6-9-18(11-13)16(20)17(7-2-3-8-17)14-5-4-10-22-14/h4-5,10,13H,2-3,6-9,11-12H2,1H3. The maximum Gasteiger partial charge on any atom is 0.315 e. The van der Waals surface area contributed by atoms with Gasteiger partial charge in [0.05, 0.1) is 18.3 Å². The van der Waals surface area contributed by atoms with Crippen LogP contribution in [0.4, 0.5) is 0 Å². The van der Waals surface area contributed by atoms with Gasteiger partial charge in [0.25, 0.3) is 0 Å². The van der Waals surface area contributed by atoms with Gasteiger partial charge in [-0.2, -0.15) is 0 Å². The second kappa shape index (κ2) is 7.26. The Morgan fingerprint density at radius 2 is 2.22 bits per heavy atom. The summed E-state index contributed by atoms with van der Waals surface area (Å²) in [6.45, 7) is 1.57. The fourth-order valence-corrected chi connectivity index (χ4v) is 5.72. The highest BCUT2D eigenvalue weighted by atomic mass is 32.2. The summed E-state index contributed by atoms with van der Waals surface area (Å²) in [5, 5.41) is 2.42. The molecule has 1 saturated heterocycles. The van der Waals surface area contributed by atoms with E-state index in [2.05, 4.69) is 11.4 Å². The van der Waals surface area contributed by atoms with Gasteiger partial charge in [0.2, 0.25) is 5.91 Å². The van der Waals surface area contributed by atoms with Crippen LogP contribution in [0.25, 0.3) is 0 Å². The maximum atomic E-state index is 13.2. The number of thiophene rings is 1. The number of rotatable bonds is 5. The van der Waals surface area contributed by atoms with E-state index >= 15 is 0 Å². The molecule has 3 rings (SSSR count). The summed E-state index contributed by atoms with van der Waals surface area (Å²) in [7, 11) is 1.41. The van der Waals surface area contributed by atoms with Gasteiger partial charge in [0, 0.05) is 23.2 Å². The molecule has 2 fully saturated rings. The van der Waals surface area contributed by atoms with Crippen LogP contribution < -0.4 is 0 Å². The zero-order valence-corrected chi connectivity index (χ0v) is 15.1. The molecule has 0 aromatic carbocycles. The molecule has 1 unspecified atom stereocenters. The second-order valence-corrected chi connectivity index (χ2v) is 8.55. The van der Waals surface area contributed by atoms with E-state index in [0.717, 1.165) is 45.2 Å². The maximum absolute atomic E-state index is 13.2. The van der Waals surface area contributed by atoms with E-state index in [-0.39, 0.29) is 11.4 Å². The summed E-state index contributed by atoms with van der Waals surface area (Å²) >= 11 is 3.32. The first-order chi connectivity index (χ1) is 11.2. The lowest BCUT2D eigenvalue weighted by Gasteiger charge is -2.31. The lowest BCUT2D eigenvalue weighted by molar-refractivity contribution is -0.137. The number of carbonyl (C=O) groups is 2. The molecule has 0 N–H and O–H groups in total. The molecule has 2 heterocycles. The van der Waals surface area contributed by atoms with Gasteiger partial charge >= 0.3 is 5.97 Å².